The second kappa shape index (κ2) is 6.70. The van der Waals surface area contributed by atoms with Crippen molar-refractivity contribution in [2.45, 2.75) is 43.2 Å². The van der Waals surface area contributed by atoms with Gasteiger partial charge in [-0.05, 0) is 49.4 Å². The van der Waals surface area contributed by atoms with Gasteiger partial charge < -0.3 is 20.3 Å². The van der Waals surface area contributed by atoms with Gasteiger partial charge in [0.05, 0.1) is 0 Å². The van der Waals surface area contributed by atoms with E-state index in [1.807, 2.05) is 30.3 Å². The van der Waals surface area contributed by atoms with Crippen molar-refractivity contribution in [3.63, 3.8) is 0 Å². The van der Waals surface area contributed by atoms with Gasteiger partial charge in [0.15, 0.2) is 0 Å². The van der Waals surface area contributed by atoms with Gasteiger partial charge in [-0.2, -0.15) is 0 Å². The monoisotopic (exact) mass is 339 g/mol. The van der Waals surface area contributed by atoms with E-state index >= 15 is 0 Å². The van der Waals surface area contributed by atoms with Crippen LogP contribution in [0.4, 0.5) is 0 Å². The van der Waals surface area contributed by atoms with E-state index in [1.54, 1.807) is 6.07 Å². The number of para-hydroxylation sites is 1. The third kappa shape index (κ3) is 3.12. The van der Waals surface area contributed by atoms with Crippen LogP contribution in [-0.2, 0) is 10.2 Å². The Balaban J connectivity index is 1.62. The van der Waals surface area contributed by atoms with E-state index < -0.39 is 0 Å². The van der Waals surface area contributed by atoms with Crippen molar-refractivity contribution in [1.82, 2.24) is 0 Å². The molecule has 2 aromatic rings. The number of ether oxygens (including phenoxy) is 2. The maximum absolute atomic E-state index is 10.4. The Morgan fingerprint density at radius 2 is 1.68 bits per heavy atom. The van der Waals surface area contributed by atoms with E-state index in [0.717, 1.165) is 37.0 Å². The minimum Gasteiger partial charge on any atom is -0.508 e. The molecule has 0 spiro atoms. The molecular weight excluding hydrogens is 314 g/mol. The molecular formula is C21H25NO3. The topological polar surface area (TPSA) is 64.7 Å². The Hall–Kier alpha value is -2.04. The largest absolute Gasteiger partial charge is 0.508 e. The lowest BCUT2D eigenvalue weighted by Gasteiger charge is -2.39. The van der Waals surface area contributed by atoms with Crippen molar-refractivity contribution in [2.75, 3.05) is 13.2 Å². The van der Waals surface area contributed by atoms with E-state index in [9.17, 15) is 5.11 Å². The normalized spacial score (nSPS) is 25.2. The van der Waals surface area contributed by atoms with E-state index in [4.69, 9.17) is 15.2 Å². The molecule has 0 bridgehead atoms. The molecule has 0 unspecified atom stereocenters. The molecule has 25 heavy (non-hydrogen) atoms. The molecule has 1 heterocycles. The van der Waals surface area contributed by atoms with Gasteiger partial charge in [-0.3, -0.25) is 0 Å². The van der Waals surface area contributed by atoms with Crippen LogP contribution in [0.3, 0.4) is 0 Å². The summed E-state index contributed by atoms with van der Waals surface area (Å²) in [5, 5.41) is 10.4. The van der Waals surface area contributed by atoms with Crippen LogP contribution in [0, 0.1) is 0 Å². The van der Waals surface area contributed by atoms with Crippen molar-refractivity contribution in [2.24, 2.45) is 5.73 Å². The van der Waals surface area contributed by atoms with Crippen LogP contribution in [0.1, 0.15) is 36.8 Å². The van der Waals surface area contributed by atoms with Crippen LogP contribution in [0.2, 0.25) is 0 Å². The predicted molar refractivity (Wildman–Crippen MR) is 97.0 cm³/mol. The van der Waals surface area contributed by atoms with Crippen molar-refractivity contribution in [1.29, 1.82) is 0 Å². The lowest BCUT2D eigenvalue weighted by molar-refractivity contribution is 0.0623. The molecule has 0 atom stereocenters. The van der Waals surface area contributed by atoms with Gasteiger partial charge in [0.1, 0.15) is 17.6 Å². The summed E-state index contributed by atoms with van der Waals surface area (Å²) in [6.07, 6.45) is 3.84. The third-order valence-corrected chi connectivity index (χ3v) is 5.61. The fourth-order valence-electron chi connectivity index (χ4n) is 4.06. The summed E-state index contributed by atoms with van der Waals surface area (Å²) >= 11 is 0. The lowest BCUT2D eigenvalue weighted by Crippen LogP contribution is -2.43. The first kappa shape index (κ1) is 16.4. The number of hydrogen-bond donors (Lipinski definition) is 2. The first-order valence-corrected chi connectivity index (χ1v) is 9.06. The molecule has 4 nitrogen and oxygen atoms in total. The number of phenolic OH excluding ortho intramolecular Hbond substituents is 1. The van der Waals surface area contributed by atoms with E-state index in [2.05, 4.69) is 12.1 Å². The fraction of sp³-hybridized carbons (Fsp3) is 0.429. The summed E-state index contributed by atoms with van der Waals surface area (Å²) in [5.41, 5.74) is 7.80. The fourth-order valence-corrected chi connectivity index (χ4v) is 4.06. The highest BCUT2D eigenvalue weighted by molar-refractivity contribution is 5.48. The van der Waals surface area contributed by atoms with Crippen LogP contribution in [0.15, 0.2) is 48.5 Å². The Morgan fingerprint density at radius 1 is 1.00 bits per heavy atom. The highest BCUT2D eigenvalue weighted by atomic mass is 16.5. The van der Waals surface area contributed by atoms with Gasteiger partial charge in [-0.15, -0.1) is 0 Å². The minimum absolute atomic E-state index is 0.207. The van der Waals surface area contributed by atoms with Crippen molar-refractivity contribution in [3.05, 3.63) is 59.7 Å². The van der Waals surface area contributed by atoms with E-state index in [1.165, 1.54) is 5.56 Å². The molecule has 0 amide bonds. The molecule has 3 N–H and O–H groups in total. The summed E-state index contributed by atoms with van der Waals surface area (Å²) in [6, 6.07) is 16.3. The van der Waals surface area contributed by atoms with Gasteiger partial charge in [-0.25, -0.2) is 0 Å². The van der Waals surface area contributed by atoms with Gasteiger partial charge in [0.2, 0.25) is 0 Å². The van der Waals surface area contributed by atoms with Crippen LogP contribution >= 0.6 is 0 Å². The average Bonchev–Trinajstić information content (AvgIpc) is 2.62. The molecule has 2 aliphatic rings. The summed E-state index contributed by atoms with van der Waals surface area (Å²) < 4.78 is 11.6. The Kier molecular flexibility index (Phi) is 4.40. The number of benzene rings is 2. The van der Waals surface area contributed by atoms with Gasteiger partial charge >= 0.3 is 0 Å². The number of phenols is 1. The number of rotatable bonds is 4. The van der Waals surface area contributed by atoms with Crippen LogP contribution in [0.5, 0.6) is 11.5 Å². The average molecular weight is 339 g/mol. The van der Waals surface area contributed by atoms with Crippen LogP contribution in [-0.4, -0.2) is 30.5 Å². The molecule has 0 aromatic heterocycles. The smallest absolute Gasteiger partial charge is 0.119 e. The van der Waals surface area contributed by atoms with Crippen molar-refractivity contribution < 1.29 is 14.6 Å². The van der Waals surface area contributed by atoms with Crippen molar-refractivity contribution in [3.8, 4) is 11.5 Å². The maximum Gasteiger partial charge on any atom is 0.119 e. The maximum atomic E-state index is 10.4. The second-order valence-electron chi connectivity index (χ2n) is 7.21. The molecule has 1 saturated heterocycles. The lowest BCUT2D eigenvalue weighted by atomic mass is 9.69. The molecule has 2 fully saturated rings. The molecule has 2 aromatic carbocycles. The molecule has 1 saturated carbocycles. The summed E-state index contributed by atoms with van der Waals surface area (Å²) in [7, 11) is 0. The number of aromatic hydroxyl groups is 1. The zero-order valence-electron chi connectivity index (χ0n) is 14.4. The Labute approximate surface area is 148 Å². The molecule has 4 heteroatoms. The number of nitrogens with two attached hydrogens (primary N) is 1. The highest BCUT2D eigenvalue weighted by Gasteiger charge is 2.38. The molecule has 0 radical (unpaired) electrons. The SMILES string of the molecule is NC1CC(Oc2ccc(C3(c4ccccc4O)CCOCC3)cc2)C1. The Bertz CT molecular complexity index is 716. The van der Waals surface area contributed by atoms with Gasteiger partial charge in [0, 0.05) is 30.2 Å². The summed E-state index contributed by atoms with van der Waals surface area (Å²) in [5.74, 6) is 1.24. The predicted octanol–water partition coefficient (Wildman–Crippen LogP) is 3.36. The zero-order chi connectivity index (χ0) is 17.3. The molecule has 132 valence electrons. The first-order chi connectivity index (χ1) is 12.2. The summed E-state index contributed by atoms with van der Waals surface area (Å²) in [4.78, 5) is 0. The molecule has 1 aliphatic carbocycles. The Morgan fingerprint density at radius 3 is 2.32 bits per heavy atom. The van der Waals surface area contributed by atoms with Gasteiger partial charge in [0.25, 0.3) is 0 Å². The first-order valence-electron chi connectivity index (χ1n) is 9.06. The second-order valence-corrected chi connectivity index (χ2v) is 7.21. The van der Waals surface area contributed by atoms with Crippen LogP contribution in [0.25, 0.3) is 0 Å². The zero-order valence-corrected chi connectivity index (χ0v) is 14.4. The number of hydrogen-bond acceptors (Lipinski definition) is 4. The molecule has 1 aliphatic heterocycles. The van der Waals surface area contributed by atoms with E-state index in [0.29, 0.717) is 19.0 Å². The van der Waals surface area contributed by atoms with E-state index in [-0.39, 0.29) is 17.6 Å². The minimum atomic E-state index is -0.207. The quantitative estimate of drug-likeness (QED) is 0.896. The van der Waals surface area contributed by atoms with Crippen LogP contribution < -0.4 is 10.5 Å². The third-order valence-electron chi connectivity index (χ3n) is 5.61. The summed E-state index contributed by atoms with van der Waals surface area (Å²) in [6.45, 7) is 1.40. The highest BCUT2D eigenvalue weighted by Crippen LogP contribution is 2.45. The van der Waals surface area contributed by atoms with Crippen molar-refractivity contribution >= 4 is 0 Å². The molecule has 4 rings (SSSR count). The van der Waals surface area contributed by atoms with Gasteiger partial charge in [-0.1, -0.05) is 30.3 Å². The standard InChI is InChI=1S/C21H25NO3/c22-16-13-18(14-16)25-17-7-5-15(6-8-17)21(9-11-24-12-10-21)19-3-1-2-4-20(19)23/h1-8,16,18,23H,9-14,22H2.